The van der Waals surface area contributed by atoms with E-state index in [1.165, 1.54) is 31.8 Å². The van der Waals surface area contributed by atoms with E-state index in [1.54, 1.807) is 17.0 Å². The number of fused-ring (bicyclic) bond motifs is 1. The maximum absolute atomic E-state index is 12.7. The summed E-state index contributed by atoms with van der Waals surface area (Å²) in [5.74, 6) is 0.844. The minimum absolute atomic E-state index is 0.0819. The number of ether oxygens (including phenoxy) is 3. The van der Waals surface area contributed by atoms with Gasteiger partial charge < -0.3 is 24.4 Å². The number of carbonyl (C=O) groups is 2. The van der Waals surface area contributed by atoms with Gasteiger partial charge in [0, 0.05) is 56.2 Å². The van der Waals surface area contributed by atoms with Crippen molar-refractivity contribution in [2.45, 2.75) is 19.4 Å². The molecule has 2 aromatic rings. The van der Waals surface area contributed by atoms with Crippen LogP contribution in [0.2, 0.25) is 0 Å². The maximum atomic E-state index is 12.7. The van der Waals surface area contributed by atoms with Gasteiger partial charge >= 0.3 is 0 Å². The third-order valence-electron chi connectivity index (χ3n) is 6.07. The van der Waals surface area contributed by atoms with Crippen LogP contribution in [0.25, 0.3) is 0 Å². The normalized spacial score (nSPS) is 18.4. The van der Waals surface area contributed by atoms with E-state index in [1.807, 2.05) is 11.3 Å². The lowest BCUT2D eigenvalue weighted by atomic mass is 10.1. The Balaban J connectivity index is 1.34. The van der Waals surface area contributed by atoms with Crippen LogP contribution in [0.4, 0.5) is 5.69 Å². The van der Waals surface area contributed by atoms with Crippen molar-refractivity contribution in [1.82, 2.24) is 10.2 Å². The summed E-state index contributed by atoms with van der Waals surface area (Å²) >= 11 is 1.82. The predicted octanol–water partition coefficient (Wildman–Crippen LogP) is 2.30. The SMILES string of the molecule is COc1cc(N2CC(C(=O)NCCN3CCc4sccc4C3)CC2=O)cc(OC)c1OC. The summed E-state index contributed by atoms with van der Waals surface area (Å²) in [5, 5.41) is 5.16. The van der Waals surface area contributed by atoms with Gasteiger partial charge in [-0.3, -0.25) is 14.5 Å². The van der Waals surface area contributed by atoms with E-state index in [0.29, 0.717) is 36.0 Å². The third-order valence-corrected chi connectivity index (χ3v) is 7.09. The minimum Gasteiger partial charge on any atom is -0.493 e. The molecule has 172 valence electrons. The molecule has 0 bridgehead atoms. The van der Waals surface area contributed by atoms with Gasteiger partial charge in [-0.2, -0.15) is 0 Å². The van der Waals surface area contributed by atoms with Crippen molar-refractivity contribution in [3.05, 3.63) is 34.0 Å². The van der Waals surface area contributed by atoms with Crippen LogP contribution in [0.1, 0.15) is 16.9 Å². The zero-order chi connectivity index (χ0) is 22.7. The van der Waals surface area contributed by atoms with Crippen molar-refractivity contribution in [2.75, 3.05) is 52.4 Å². The maximum Gasteiger partial charge on any atom is 0.227 e. The topological polar surface area (TPSA) is 80.3 Å². The number of nitrogens with one attached hydrogen (secondary N) is 1. The predicted molar refractivity (Wildman–Crippen MR) is 123 cm³/mol. The van der Waals surface area contributed by atoms with Crippen LogP contribution in [0.15, 0.2) is 23.6 Å². The third kappa shape index (κ3) is 4.54. The lowest BCUT2D eigenvalue weighted by Crippen LogP contribution is -2.40. The van der Waals surface area contributed by atoms with E-state index < -0.39 is 0 Å². The van der Waals surface area contributed by atoms with Gasteiger partial charge in [-0.1, -0.05) is 0 Å². The molecule has 32 heavy (non-hydrogen) atoms. The number of hydrogen-bond acceptors (Lipinski definition) is 7. The number of carbonyl (C=O) groups excluding carboxylic acids is 2. The Hall–Kier alpha value is -2.78. The van der Waals surface area contributed by atoms with E-state index in [9.17, 15) is 9.59 Å². The number of thiophene rings is 1. The second-order valence-corrected chi connectivity index (χ2v) is 8.98. The Kier molecular flexibility index (Phi) is 6.86. The van der Waals surface area contributed by atoms with Gasteiger partial charge in [-0.15, -0.1) is 11.3 Å². The second-order valence-electron chi connectivity index (χ2n) is 7.98. The van der Waals surface area contributed by atoms with Crippen molar-refractivity contribution in [1.29, 1.82) is 0 Å². The lowest BCUT2D eigenvalue weighted by molar-refractivity contribution is -0.126. The lowest BCUT2D eigenvalue weighted by Gasteiger charge is -2.27. The Morgan fingerprint density at radius 1 is 1.19 bits per heavy atom. The molecule has 1 saturated heterocycles. The molecule has 4 rings (SSSR count). The molecule has 1 unspecified atom stereocenters. The highest BCUT2D eigenvalue weighted by molar-refractivity contribution is 7.10. The van der Waals surface area contributed by atoms with Gasteiger partial charge in [0.15, 0.2) is 11.5 Å². The number of methoxy groups -OCH3 is 3. The van der Waals surface area contributed by atoms with E-state index in [0.717, 1.165) is 26.1 Å². The van der Waals surface area contributed by atoms with Crippen LogP contribution in [-0.4, -0.2) is 64.2 Å². The zero-order valence-corrected chi connectivity index (χ0v) is 19.5. The Morgan fingerprint density at radius 2 is 1.94 bits per heavy atom. The Labute approximate surface area is 192 Å². The highest BCUT2D eigenvalue weighted by atomic mass is 32.1. The molecule has 0 saturated carbocycles. The van der Waals surface area contributed by atoms with Crippen LogP contribution in [0.3, 0.4) is 0 Å². The molecule has 8 nitrogen and oxygen atoms in total. The molecule has 9 heteroatoms. The summed E-state index contributed by atoms with van der Waals surface area (Å²) in [4.78, 5) is 30.9. The first-order chi connectivity index (χ1) is 15.5. The van der Waals surface area contributed by atoms with Gasteiger partial charge in [-0.25, -0.2) is 0 Å². The summed E-state index contributed by atoms with van der Waals surface area (Å²) < 4.78 is 16.1. The van der Waals surface area contributed by atoms with Crippen LogP contribution < -0.4 is 24.4 Å². The van der Waals surface area contributed by atoms with E-state index in [2.05, 4.69) is 21.7 Å². The van der Waals surface area contributed by atoms with Crippen molar-refractivity contribution in [3.63, 3.8) is 0 Å². The first-order valence-electron chi connectivity index (χ1n) is 10.7. The molecule has 2 aliphatic rings. The number of rotatable bonds is 8. The number of hydrogen-bond donors (Lipinski definition) is 1. The van der Waals surface area contributed by atoms with E-state index in [4.69, 9.17) is 14.2 Å². The van der Waals surface area contributed by atoms with Crippen LogP contribution >= 0.6 is 11.3 Å². The Bertz CT molecular complexity index is 967. The first-order valence-corrected chi connectivity index (χ1v) is 11.6. The molecule has 0 spiro atoms. The fourth-order valence-corrected chi connectivity index (χ4v) is 5.22. The zero-order valence-electron chi connectivity index (χ0n) is 18.7. The number of benzene rings is 1. The largest absolute Gasteiger partial charge is 0.493 e. The molecular weight excluding hydrogens is 430 g/mol. The fourth-order valence-electron chi connectivity index (χ4n) is 4.34. The molecular formula is C23H29N3O5S. The van der Waals surface area contributed by atoms with Crippen molar-refractivity contribution in [2.24, 2.45) is 5.92 Å². The van der Waals surface area contributed by atoms with Gasteiger partial charge in [0.1, 0.15) is 0 Å². The molecule has 0 radical (unpaired) electrons. The summed E-state index contributed by atoms with van der Waals surface area (Å²) in [6.45, 7) is 3.66. The average Bonchev–Trinajstić information content (AvgIpc) is 3.44. The highest BCUT2D eigenvalue weighted by Crippen LogP contribution is 2.42. The molecule has 1 N–H and O–H groups in total. The molecule has 1 atom stereocenters. The molecule has 3 heterocycles. The van der Waals surface area contributed by atoms with Gasteiger partial charge in [0.2, 0.25) is 17.6 Å². The quantitative estimate of drug-likeness (QED) is 0.653. The minimum atomic E-state index is -0.383. The van der Waals surface area contributed by atoms with Crippen molar-refractivity contribution < 1.29 is 23.8 Å². The van der Waals surface area contributed by atoms with Crippen LogP contribution in [-0.2, 0) is 22.6 Å². The molecule has 1 aromatic carbocycles. The van der Waals surface area contributed by atoms with Crippen molar-refractivity contribution in [3.8, 4) is 17.2 Å². The smallest absolute Gasteiger partial charge is 0.227 e. The first kappa shape index (κ1) is 22.4. The van der Waals surface area contributed by atoms with E-state index >= 15 is 0 Å². The molecule has 1 fully saturated rings. The standard InChI is InChI=1S/C23H29N3O5S/c1-29-18-11-17(12-19(30-2)22(18)31-3)26-14-16(10-21(26)27)23(28)24-6-8-25-7-4-20-15(13-25)5-9-32-20/h5,9,11-12,16H,4,6-8,10,13-14H2,1-3H3,(H,24,28). The van der Waals surface area contributed by atoms with Crippen LogP contribution in [0.5, 0.6) is 17.2 Å². The summed E-state index contributed by atoms with van der Waals surface area (Å²) in [5.41, 5.74) is 2.02. The van der Waals surface area contributed by atoms with E-state index in [-0.39, 0.29) is 24.2 Å². The van der Waals surface area contributed by atoms with Gasteiger partial charge in [-0.05, 0) is 23.4 Å². The monoisotopic (exact) mass is 459 g/mol. The highest BCUT2D eigenvalue weighted by Gasteiger charge is 2.36. The molecule has 2 amide bonds. The van der Waals surface area contributed by atoms with Gasteiger partial charge in [0.25, 0.3) is 0 Å². The fraction of sp³-hybridized carbons (Fsp3) is 0.478. The summed E-state index contributed by atoms with van der Waals surface area (Å²) in [7, 11) is 4.60. The number of nitrogens with zero attached hydrogens (tertiary/aromatic N) is 2. The average molecular weight is 460 g/mol. The summed E-state index contributed by atoms with van der Waals surface area (Å²) in [6, 6.07) is 5.65. The summed E-state index contributed by atoms with van der Waals surface area (Å²) in [6.07, 6.45) is 1.26. The molecule has 1 aromatic heterocycles. The van der Waals surface area contributed by atoms with Gasteiger partial charge in [0.05, 0.1) is 32.9 Å². The van der Waals surface area contributed by atoms with Crippen LogP contribution in [0, 0.1) is 5.92 Å². The number of anilines is 1. The Morgan fingerprint density at radius 3 is 2.62 bits per heavy atom. The number of amides is 2. The van der Waals surface area contributed by atoms with Crippen molar-refractivity contribution >= 4 is 28.8 Å². The molecule has 0 aliphatic carbocycles. The molecule has 2 aliphatic heterocycles. The second kappa shape index (κ2) is 9.79.